The molecule has 0 spiro atoms. The normalized spacial score (nSPS) is 17.2. The van der Waals surface area contributed by atoms with Gasteiger partial charge in [0, 0.05) is 31.6 Å². The summed E-state index contributed by atoms with van der Waals surface area (Å²) in [7, 11) is 1.58. The molecule has 2 N–H and O–H groups in total. The Morgan fingerprint density at radius 1 is 1.18 bits per heavy atom. The molecule has 1 atom stereocenters. The molecule has 12 heteroatoms. The summed E-state index contributed by atoms with van der Waals surface area (Å²) in [5, 5.41) is 7.88. The van der Waals surface area contributed by atoms with E-state index in [1.165, 1.54) is 18.5 Å². The standard InChI is InChI=1S/C27H28ClFN6O4/c1-3-27(36)33-20-13-21(24(37-2)14-23(20)34-7-10-38-11-8-34)32-25-15-26(31-16-30-25)35-22(6-9-39-35)17-4-5-19(29)18(28)12-17/h3-5,12-16,22H,1,6-11H2,2H3,(H,33,36)(H,30,31,32). The first-order valence-electron chi connectivity index (χ1n) is 12.4. The number of benzene rings is 2. The van der Waals surface area contributed by atoms with Crippen LogP contribution in [-0.4, -0.2) is 55.9 Å². The molecule has 0 aliphatic carbocycles. The number of methoxy groups -OCH3 is 1. The minimum absolute atomic E-state index is 0.0522. The van der Waals surface area contributed by atoms with E-state index in [0.29, 0.717) is 68.1 Å². The highest BCUT2D eigenvalue weighted by Gasteiger charge is 2.30. The van der Waals surface area contributed by atoms with Crippen molar-refractivity contribution in [2.75, 3.05) is 60.6 Å². The topological polar surface area (TPSA) is 101 Å². The van der Waals surface area contributed by atoms with E-state index < -0.39 is 5.82 Å². The number of nitrogens with zero attached hydrogens (tertiary/aromatic N) is 4. The average Bonchev–Trinajstić information content (AvgIpc) is 3.45. The van der Waals surface area contributed by atoms with E-state index in [9.17, 15) is 9.18 Å². The fourth-order valence-corrected chi connectivity index (χ4v) is 4.77. The van der Waals surface area contributed by atoms with Gasteiger partial charge in [-0.25, -0.2) is 19.4 Å². The molecule has 2 fully saturated rings. The van der Waals surface area contributed by atoms with Crippen molar-refractivity contribution in [2.45, 2.75) is 12.5 Å². The van der Waals surface area contributed by atoms with Crippen LogP contribution in [0.4, 0.5) is 33.1 Å². The molecule has 0 radical (unpaired) electrons. The van der Waals surface area contributed by atoms with Crippen molar-refractivity contribution in [2.24, 2.45) is 0 Å². The number of rotatable bonds is 8. The molecule has 0 saturated carbocycles. The number of halogens is 2. The second-order valence-corrected chi connectivity index (χ2v) is 9.29. The second kappa shape index (κ2) is 11.9. The van der Waals surface area contributed by atoms with Gasteiger partial charge in [0.15, 0.2) is 5.82 Å². The molecule has 0 bridgehead atoms. The third-order valence-electron chi connectivity index (χ3n) is 6.49. The number of amides is 1. The monoisotopic (exact) mass is 554 g/mol. The Morgan fingerprint density at radius 2 is 2.00 bits per heavy atom. The smallest absolute Gasteiger partial charge is 0.247 e. The zero-order valence-corrected chi connectivity index (χ0v) is 22.1. The first kappa shape index (κ1) is 26.7. The highest BCUT2D eigenvalue weighted by Crippen LogP contribution is 2.40. The van der Waals surface area contributed by atoms with Gasteiger partial charge in [-0.15, -0.1) is 0 Å². The second-order valence-electron chi connectivity index (χ2n) is 8.89. The van der Waals surface area contributed by atoms with Crippen LogP contribution in [0.25, 0.3) is 0 Å². The maximum Gasteiger partial charge on any atom is 0.247 e. The van der Waals surface area contributed by atoms with Crippen molar-refractivity contribution < 1.29 is 23.5 Å². The lowest BCUT2D eigenvalue weighted by molar-refractivity contribution is -0.111. The van der Waals surface area contributed by atoms with Crippen molar-refractivity contribution >= 4 is 46.2 Å². The molecule has 204 valence electrons. The summed E-state index contributed by atoms with van der Waals surface area (Å²) in [4.78, 5) is 29.0. The number of hydrogen-bond donors (Lipinski definition) is 2. The highest BCUT2D eigenvalue weighted by molar-refractivity contribution is 6.30. The predicted molar refractivity (Wildman–Crippen MR) is 147 cm³/mol. The third-order valence-corrected chi connectivity index (χ3v) is 6.78. The molecule has 2 aliphatic rings. The highest BCUT2D eigenvalue weighted by atomic mass is 35.5. The maximum atomic E-state index is 13.7. The molecule has 2 saturated heterocycles. The van der Waals surface area contributed by atoms with E-state index in [2.05, 4.69) is 32.1 Å². The maximum absolute atomic E-state index is 13.7. The molecule has 2 aliphatic heterocycles. The van der Waals surface area contributed by atoms with Gasteiger partial charge in [0.1, 0.15) is 23.7 Å². The van der Waals surface area contributed by atoms with Crippen molar-refractivity contribution in [3.8, 4) is 5.75 Å². The average molecular weight is 555 g/mol. The summed E-state index contributed by atoms with van der Waals surface area (Å²) >= 11 is 6.02. The predicted octanol–water partition coefficient (Wildman–Crippen LogP) is 4.87. The van der Waals surface area contributed by atoms with Crippen LogP contribution in [0.1, 0.15) is 18.0 Å². The van der Waals surface area contributed by atoms with Gasteiger partial charge in [-0.05, 0) is 29.8 Å². The number of nitrogens with one attached hydrogen (secondary N) is 2. The Hall–Kier alpha value is -3.93. The summed E-state index contributed by atoms with van der Waals surface area (Å²) in [5.74, 6) is 0.744. The van der Waals surface area contributed by atoms with E-state index in [1.54, 1.807) is 36.4 Å². The zero-order chi connectivity index (χ0) is 27.4. The molecule has 1 amide bonds. The molecule has 1 unspecified atom stereocenters. The summed E-state index contributed by atoms with van der Waals surface area (Å²) in [6.07, 6.45) is 3.32. The number of morpholine rings is 1. The molecule has 39 heavy (non-hydrogen) atoms. The lowest BCUT2D eigenvalue weighted by atomic mass is 10.0. The van der Waals surface area contributed by atoms with Gasteiger partial charge in [-0.1, -0.05) is 24.2 Å². The van der Waals surface area contributed by atoms with Crippen molar-refractivity contribution in [1.29, 1.82) is 0 Å². The summed E-state index contributed by atoms with van der Waals surface area (Å²) in [6, 6.07) is 9.83. The van der Waals surface area contributed by atoms with Crippen LogP contribution in [0, 0.1) is 5.82 Å². The molecular formula is C27H28ClFN6O4. The summed E-state index contributed by atoms with van der Waals surface area (Å²) in [6.45, 7) is 6.56. The van der Waals surface area contributed by atoms with E-state index in [0.717, 1.165) is 11.3 Å². The molecule has 3 heterocycles. The van der Waals surface area contributed by atoms with Crippen LogP contribution in [0.2, 0.25) is 5.02 Å². The van der Waals surface area contributed by atoms with Crippen molar-refractivity contribution in [1.82, 2.24) is 9.97 Å². The van der Waals surface area contributed by atoms with Crippen LogP contribution < -0.4 is 25.3 Å². The first-order valence-corrected chi connectivity index (χ1v) is 12.8. The summed E-state index contributed by atoms with van der Waals surface area (Å²) in [5.41, 5.74) is 2.80. The lowest BCUT2D eigenvalue weighted by Crippen LogP contribution is -2.36. The fourth-order valence-electron chi connectivity index (χ4n) is 4.58. The SMILES string of the molecule is C=CC(=O)Nc1cc(Nc2cc(N3OCCC3c3ccc(F)c(Cl)c3)ncn2)c(OC)cc1N1CCOCC1. The van der Waals surface area contributed by atoms with Crippen LogP contribution in [-0.2, 0) is 14.4 Å². The first-order chi connectivity index (χ1) is 19.0. The van der Waals surface area contributed by atoms with Gasteiger partial charge in [0.05, 0.1) is 55.1 Å². The van der Waals surface area contributed by atoms with E-state index in [4.69, 9.17) is 25.9 Å². The van der Waals surface area contributed by atoms with E-state index >= 15 is 0 Å². The van der Waals surface area contributed by atoms with Gasteiger partial charge < -0.3 is 25.0 Å². The van der Waals surface area contributed by atoms with Crippen LogP contribution in [0.5, 0.6) is 5.75 Å². The van der Waals surface area contributed by atoms with E-state index in [1.807, 2.05) is 6.07 Å². The van der Waals surface area contributed by atoms with E-state index in [-0.39, 0.29) is 17.0 Å². The minimum atomic E-state index is -0.475. The number of hydroxylamine groups is 1. The quantitative estimate of drug-likeness (QED) is 0.378. The third kappa shape index (κ3) is 5.90. The Labute approximate surface area is 230 Å². The number of ether oxygens (including phenoxy) is 2. The summed E-state index contributed by atoms with van der Waals surface area (Å²) < 4.78 is 24.9. The van der Waals surface area contributed by atoms with Gasteiger partial charge in [-0.2, -0.15) is 0 Å². The lowest BCUT2D eigenvalue weighted by Gasteiger charge is -2.31. The molecular weight excluding hydrogens is 527 g/mol. The Kier molecular flexibility index (Phi) is 8.10. The van der Waals surface area contributed by atoms with Crippen LogP contribution in [0.15, 0.2) is 55.4 Å². The number of aromatic nitrogens is 2. The van der Waals surface area contributed by atoms with Gasteiger partial charge in [0.2, 0.25) is 5.91 Å². The van der Waals surface area contributed by atoms with Gasteiger partial charge >= 0.3 is 0 Å². The number of carbonyl (C=O) groups excluding carboxylic acids is 1. The van der Waals surface area contributed by atoms with Gasteiger partial charge in [0.25, 0.3) is 0 Å². The molecule has 5 rings (SSSR count). The molecule has 2 aromatic carbocycles. The Morgan fingerprint density at radius 3 is 2.74 bits per heavy atom. The number of carbonyl (C=O) groups is 1. The van der Waals surface area contributed by atoms with Crippen LogP contribution >= 0.6 is 11.6 Å². The fraction of sp³-hybridized carbons (Fsp3) is 0.296. The minimum Gasteiger partial charge on any atom is -0.494 e. The molecule has 10 nitrogen and oxygen atoms in total. The molecule has 1 aromatic heterocycles. The zero-order valence-electron chi connectivity index (χ0n) is 21.3. The number of hydrogen-bond acceptors (Lipinski definition) is 9. The van der Waals surface area contributed by atoms with Crippen molar-refractivity contribution in [3.05, 3.63) is 71.8 Å². The van der Waals surface area contributed by atoms with Gasteiger partial charge in [-0.3, -0.25) is 9.63 Å². The Bertz CT molecular complexity index is 1370. The Balaban J connectivity index is 1.44. The number of anilines is 5. The van der Waals surface area contributed by atoms with Crippen LogP contribution in [0.3, 0.4) is 0 Å². The largest absolute Gasteiger partial charge is 0.494 e. The molecule has 3 aromatic rings. The van der Waals surface area contributed by atoms with Crippen molar-refractivity contribution in [3.63, 3.8) is 0 Å².